The van der Waals surface area contributed by atoms with Gasteiger partial charge in [0.1, 0.15) is 5.82 Å². The third kappa shape index (κ3) is 5.01. The van der Waals surface area contributed by atoms with Gasteiger partial charge in [-0.05, 0) is 35.9 Å². The van der Waals surface area contributed by atoms with E-state index in [0.29, 0.717) is 24.2 Å². The molecule has 1 fully saturated rings. The maximum Gasteiger partial charge on any atom is 0.257 e. The molecule has 3 rings (SSSR count). The molecule has 0 saturated carbocycles. The predicted molar refractivity (Wildman–Crippen MR) is 111 cm³/mol. The van der Waals surface area contributed by atoms with Gasteiger partial charge >= 0.3 is 0 Å². The molecule has 1 aliphatic heterocycles. The molecule has 1 N–H and O–H groups in total. The summed E-state index contributed by atoms with van der Waals surface area (Å²) in [5.41, 5.74) is 0.938. The van der Waals surface area contributed by atoms with Crippen LogP contribution in [0.15, 0.2) is 42.7 Å². The monoisotopic (exact) mass is 430 g/mol. The van der Waals surface area contributed by atoms with Crippen LogP contribution in [-0.4, -0.2) is 65.7 Å². The van der Waals surface area contributed by atoms with Crippen molar-refractivity contribution in [1.82, 2.24) is 20.1 Å². The number of halogens is 2. The number of carbonyl (C=O) groups excluding carboxylic acids is 3. The Morgan fingerprint density at radius 2 is 1.80 bits per heavy atom. The number of pyridine rings is 1. The molecule has 1 aliphatic rings. The maximum absolute atomic E-state index is 13.9. The first-order valence-electron chi connectivity index (χ1n) is 9.27. The first-order valence-corrected chi connectivity index (χ1v) is 9.65. The number of rotatable bonds is 4. The van der Waals surface area contributed by atoms with E-state index in [1.807, 2.05) is 0 Å². The Kier molecular flexibility index (Phi) is 6.79. The summed E-state index contributed by atoms with van der Waals surface area (Å²) in [5, 5.41) is 2.80. The second-order valence-corrected chi connectivity index (χ2v) is 7.10. The number of carbonyl (C=O) groups is 3. The van der Waals surface area contributed by atoms with E-state index in [1.165, 1.54) is 36.4 Å². The lowest BCUT2D eigenvalue weighted by molar-refractivity contribution is -0.127. The molecule has 30 heavy (non-hydrogen) atoms. The zero-order valence-electron chi connectivity index (χ0n) is 16.3. The molecule has 0 spiro atoms. The second-order valence-electron chi connectivity index (χ2n) is 6.66. The minimum absolute atomic E-state index is 0.0781. The summed E-state index contributed by atoms with van der Waals surface area (Å²) >= 11 is 5.86. The van der Waals surface area contributed by atoms with Crippen molar-refractivity contribution in [3.05, 3.63) is 70.3 Å². The number of piperazine rings is 1. The van der Waals surface area contributed by atoms with Gasteiger partial charge in [-0.2, -0.15) is 0 Å². The van der Waals surface area contributed by atoms with Crippen molar-refractivity contribution < 1.29 is 18.8 Å². The molecule has 3 amide bonds. The fourth-order valence-corrected chi connectivity index (χ4v) is 3.22. The van der Waals surface area contributed by atoms with E-state index in [2.05, 4.69) is 10.3 Å². The molecule has 0 aliphatic carbocycles. The van der Waals surface area contributed by atoms with Crippen LogP contribution in [0.2, 0.25) is 5.02 Å². The molecule has 0 radical (unpaired) electrons. The Balaban J connectivity index is 1.59. The molecule has 0 bridgehead atoms. The number of amides is 3. The van der Waals surface area contributed by atoms with Crippen LogP contribution in [0, 0.1) is 5.82 Å². The number of hydrogen-bond acceptors (Lipinski definition) is 4. The topological polar surface area (TPSA) is 82.6 Å². The minimum atomic E-state index is -0.626. The third-order valence-electron chi connectivity index (χ3n) is 4.70. The first-order chi connectivity index (χ1) is 14.4. The summed E-state index contributed by atoms with van der Waals surface area (Å²) in [6, 6.07) is 5.48. The fourth-order valence-electron chi connectivity index (χ4n) is 3.05. The van der Waals surface area contributed by atoms with Gasteiger partial charge in [-0.25, -0.2) is 4.39 Å². The summed E-state index contributed by atoms with van der Waals surface area (Å²) < 4.78 is 13.9. The standard InChI is InChI=1S/C21H20ClFN4O3/c1-24-20(29)15-10-14(12-25-13-15)2-5-19(28)26-6-8-27(9-7-26)21(30)17-11-16(22)3-4-18(17)23/h2-5,10-13H,6-9H2,1H3,(H,24,29)/b5-2+. The lowest BCUT2D eigenvalue weighted by Crippen LogP contribution is -2.50. The lowest BCUT2D eigenvalue weighted by Gasteiger charge is -2.34. The largest absolute Gasteiger partial charge is 0.355 e. The zero-order chi connectivity index (χ0) is 21.7. The molecule has 1 saturated heterocycles. The summed E-state index contributed by atoms with van der Waals surface area (Å²) in [6.07, 6.45) is 5.97. The molecular weight excluding hydrogens is 411 g/mol. The van der Waals surface area contributed by atoms with E-state index >= 15 is 0 Å². The van der Waals surface area contributed by atoms with Gasteiger partial charge < -0.3 is 15.1 Å². The third-order valence-corrected chi connectivity index (χ3v) is 4.94. The Labute approximate surface area is 178 Å². The Morgan fingerprint density at radius 1 is 1.10 bits per heavy atom. The Morgan fingerprint density at radius 3 is 2.50 bits per heavy atom. The van der Waals surface area contributed by atoms with Crippen molar-refractivity contribution in [2.45, 2.75) is 0 Å². The van der Waals surface area contributed by atoms with Crippen LogP contribution >= 0.6 is 11.6 Å². The van der Waals surface area contributed by atoms with Crippen molar-refractivity contribution in [2.75, 3.05) is 33.2 Å². The van der Waals surface area contributed by atoms with Crippen LogP contribution in [0.25, 0.3) is 6.08 Å². The zero-order valence-corrected chi connectivity index (χ0v) is 17.0. The number of nitrogens with zero attached hydrogens (tertiary/aromatic N) is 3. The predicted octanol–water partition coefficient (Wildman–Crippen LogP) is 2.23. The molecule has 0 unspecified atom stereocenters. The smallest absolute Gasteiger partial charge is 0.257 e. The van der Waals surface area contributed by atoms with E-state index < -0.39 is 11.7 Å². The van der Waals surface area contributed by atoms with E-state index in [9.17, 15) is 18.8 Å². The number of nitrogens with one attached hydrogen (secondary N) is 1. The molecule has 2 heterocycles. The van der Waals surface area contributed by atoms with Crippen LogP contribution in [-0.2, 0) is 4.79 Å². The van der Waals surface area contributed by atoms with Gasteiger partial charge in [-0.15, -0.1) is 0 Å². The average molecular weight is 431 g/mol. The van der Waals surface area contributed by atoms with Gasteiger partial charge in [-0.3, -0.25) is 19.4 Å². The summed E-state index contributed by atoms with van der Waals surface area (Å²) in [7, 11) is 1.53. The van der Waals surface area contributed by atoms with Crippen LogP contribution in [0.4, 0.5) is 4.39 Å². The number of aromatic nitrogens is 1. The molecule has 9 heteroatoms. The number of benzene rings is 1. The van der Waals surface area contributed by atoms with Gasteiger partial charge in [0.05, 0.1) is 11.1 Å². The molecule has 1 aromatic heterocycles. The quantitative estimate of drug-likeness (QED) is 0.754. The fraction of sp³-hybridized carbons (Fsp3) is 0.238. The van der Waals surface area contributed by atoms with Gasteiger partial charge in [0.2, 0.25) is 5.91 Å². The molecular formula is C21H20ClFN4O3. The van der Waals surface area contributed by atoms with Crippen molar-refractivity contribution >= 4 is 35.4 Å². The van der Waals surface area contributed by atoms with Crippen LogP contribution < -0.4 is 5.32 Å². The van der Waals surface area contributed by atoms with E-state index in [1.54, 1.807) is 23.2 Å². The van der Waals surface area contributed by atoms with E-state index in [4.69, 9.17) is 11.6 Å². The highest BCUT2D eigenvalue weighted by molar-refractivity contribution is 6.31. The van der Waals surface area contributed by atoms with Crippen molar-refractivity contribution in [3.63, 3.8) is 0 Å². The molecule has 156 valence electrons. The molecule has 2 aromatic rings. The summed E-state index contributed by atoms with van der Waals surface area (Å²) in [6.45, 7) is 1.23. The Hall–Kier alpha value is -3.26. The highest BCUT2D eigenvalue weighted by Crippen LogP contribution is 2.18. The van der Waals surface area contributed by atoms with Gasteiger partial charge in [-0.1, -0.05) is 11.6 Å². The lowest BCUT2D eigenvalue weighted by atomic mass is 10.1. The molecule has 0 atom stereocenters. The summed E-state index contributed by atoms with van der Waals surface area (Å²) in [5.74, 6) is -1.56. The van der Waals surface area contributed by atoms with Crippen LogP contribution in [0.3, 0.4) is 0 Å². The van der Waals surface area contributed by atoms with Crippen molar-refractivity contribution in [3.8, 4) is 0 Å². The SMILES string of the molecule is CNC(=O)c1cncc(/C=C/C(=O)N2CCN(C(=O)c3cc(Cl)ccc3F)CC2)c1. The minimum Gasteiger partial charge on any atom is -0.355 e. The summed E-state index contributed by atoms with van der Waals surface area (Å²) in [4.78, 5) is 43.8. The molecule has 7 nitrogen and oxygen atoms in total. The normalized spacial score (nSPS) is 14.1. The average Bonchev–Trinajstić information content (AvgIpc) is 2.78. The highest BCUT2D eigenvalue weighted by Gasteiger charge is 2.25. The Bertz CT molecular complexity index is 1000. The first kappa shape index (κ1) is 21.4. The second kappa shape index (κ2) is 9.49. The van der Waals surface area contributed by atoms with Gasteiger partial charge in [0.15, 0.2) is 0 Å². The molecule has 1 aromatic carbocycles. The highest BCUT2D eigenvalue weighted by atomic mass is 35.5. The van der Waals surface area contributed by atoms with Gasteiger partial charge in [0, 0.05) is 56.7 Å². The van der Waals surface area contributed by atoms with E-state index in [0.717, 1.165) is 6.07 Å². The maximum atomic E-state index is 13.9. The van der Waals surface area contributed by atoms with Gasteiger partial charge in [0.25, 0.3) is 11.8 Å². The van der Waals surface area contributed by atoms with Crippen molar-refractivity contribution in [1.29, 1.82) is 0 Å². The van der Waals surface area contributed by atoms with E-state index in [-0.39, 0.29) is 35.5 Å². The van der Waals surface area contributed by atoms with Crippen molar-refractivity contribution in [2.24, 2.45) is 0 Å². The van der Waals surface area contributed by atoms with Crippen LogP contribution in [0.1, 0.15) is 26.3 Å². The number of hydrogen-bond donors (Lipinski definition) is 1. The van der Waals surface area contributed by atoms with Crippen LogP contribution in [0.5, 0.6) is 0 Å².